The predicted octanol–water partition coefficient (Wildman–Crippen LogP) is 1.95. The number of amides is 1. The molecule has 112 valence electrons. The summed E-state index contributed by atoms with van der Waals surface area (Å²) in [6.07, 6.45) is 2.30. The zero-order chi connectivity index (χ0) is 14.8. The Labute approximate surface area is 128 Å². The molecule has 1 N–H and O–H groups in total. The molecule has 1 aliphatic rings. The van der Waals surface area contributed by atoms with Gasteiger partial charge in [0.1, 0.15) is 0 Å². The summed E-state index contributed by atoms with van der Waals surface area (Å²) in [5, 5.41) is 7.09. The van der Waals surface area contributed by atoms with Crippen molar-refractivity contribution in [2.75, 3.05) is 13.6 Å². The van der Waals surface area contributed by atoms with E-state index in [1.54, 1.807) is 7.05 Å². The third-order valence-corrected chi connectivity index (χ3v) is 4.81. The van der Waals surface area contributed by atoms with Gasteiger partial charge in [-0.05, 0) is 25.1 Å². The van der Waals surface area contributed by atoms with Crippen LogP contribution in [0.3, 0.4) is 0 Å². The van der Waals surface area contributed by atoms with Gasteiger partial charge in [-0.15, -0.1) is 11.3 Å². The van der Waals surface area contributed by atoms with Crippen LogP contribution in [-0.2, 0) is 17.9 Å². The topological polar surface area (TPSA) is 50.2 Å². The van der Waals surface area contributed by atoms with Crippen molar-refractivity contribution in [3.8, 4) is 0 Å². The van der Waals surface area contributed by atoms with E-state index < -0.39 is 0 Å². The fourth-order valence-electron chi connectivity index (χ4n) is 2.84. The Morgan fingerprint density at radius 3 is 3.05 bits per heavy atom. The molecule has 5 nitrogen and oxygen atoms in total. The number of aromatic nitrogens is 2. The lowest BCUT2D eigenvalue weighted by molar-refractivity contribution is -0.121. The fraction of sp³-hybridized carbons (Fsp3) is 0.467. The average molecular weight is 304 g/mol. The maximum atomic E-state index is 11.7. The van der Waals surface area contributed by atoms with Gasteiger partial charge in [0, 0.05) is 42.6 Å². The summed E-state index contributed by atoms with van der Waals surface area (Å²) in [6, 6.07) is 6.52. The minimum Gasteiger partial charge on any atom is -0.359 e. The van der Waals surface area contributed by atoms with Crippen LogP contribution in [0.5, 0.6) is 0 Å². The number of nitrogens with one attached hydrogen (secondary N) is 1. The molecule has 0 saturated carbocycles. The van der Waals surface area contributed by atoms with Gasteiger partial charge in [0.05, 0.1) is 18.2 Å². The zero-order valence-corrected chi connectivity index (χ0v) is 13.2. The number of carbonyl (C=O) groups is 1. The molecule has 0 spiro atoms. The number of rotatable bonds is 4. The molecule has 0 fully saturated rings. The summed E-state index contributed by atoms with van der Waals surface area (Å²) in [7, 11) is 1.68. The van der Waals surface area contributed by atoms with Gasteiger partial charge in [0.15, 0.2) is 0 Å². The van der Waals surface area contributed by atoms with Crippen LogP contribution in [-0.4, -0.2) is 34.2 Å². The number of nitrogens with zero attached hydrogens (tertiary/aromatic N) is 3. The third kappa shape index (κ3) is 3.16. The van der Waals surface area contributed by atoms with Crippen molar-refractivity contribution in [3.05, 3.63) is 39.8 Å². The van der Waals surface area contributed by atoms with Crippen LogP contribution in [0.2, 0.25) is 0 Å². The van der Waals surface area contributed by atoms with Crippen molar-refractivity contribution in [1.29, 1.82) is 0 Å². The Morgan fingerprint density at radius 2 is 2.33 bits per heavy atom. The molecule has 0 unspecified atom stereocenters. The molecule has 1 aliphatic heterocycles. The number of thiophene rings is 1. The molecule has 0 radical (unpaired) electrons. The van der Waals surface area contributed by atoms with Crippen molar-refractivity contribution < 1.29 is 4.79 Å². The summed E-state index contributed by atoms with van der Waals surface area (Å²) in [5.74, 6) is 0.0651. The van der Waals surface area contributed by atoms with E-state index in [9.17, 15) is 4.79 Å². The first-order valence-corrected chi connectivity index (χ1v) is 7.98. The van der Waals surface area contributed by atoms with Crippen LogP contribution in [0.4, 0.5) is 0 Å². The zero-order valence-electron chi connectivity index (χ0n) is 12.4. The lowest BCUT2D eigenvalue weighted by atomic mass is 10.1. The highest BCUT2D eigenvalue weighted by molar-refractivity contribution is 7.11. The van der Waals surface area contributed by atoms with E-state index in [1.165, 1.54) is 15.4 Å². The summed E-state index contributed by atoms with van der Waals surface area (Å²) in [5.41, 5.74) is 1.18. The molecule has 3 rings (SSSR count). The largest absolute Gasteiger partial charge is 0.359 e. The molecule has 0 aliphatic carbocycles. The van der Waals surface area contributed by atoms with Crippen molar-refractivity contribution in [2.45, 2.75) is 32.5 Å². The normalized spacial score (nSPS) is 18.5. The summed E-state index contributed by atoms with van der Waals surface area (Å²) >= 11 is 1.84. The first kappa shape index (κ1) is 14.3. The second kappa shape index (κ2) is 5.99. The van der Waals surface area contributed by atoms with Gasteiger partial charge in [-0.3, -0.25) is 14.4 Å². The smallest absolute Gasteiger partial charge is 0.221 e. The highest BCUT2D eigenvalue weighted by Crippen LogP contribution is 2.26. The Balaban J connectivity index is 1.75. The molecule has 2 aromatic heterocycles. The monoisotopic (exact) mass is 304 g/mol. The highest BCUT2D eigenvalue weighted by Gasteiger charge is 2.27. The first-order valence-electron chi connectivity index (χ1n) is 7.16. The average Bonchev–Trinajstić information content (AvgIpc) is 3.07. The molecule has 3 heterocycles. The third-order valence-electron chi connectivity index (χ3n) is 3.83. The quantitative estimate of drug-likeness (QED) is 0.939. The molecule has 0 aromatic carbocycles. The first-order chi connectivity index (χ1) is 10.2. The van der Waals surface area contributed by atoms with Gasteiger partial charge in [-0.2, -0.15) is 5.10 Å². The van der Waals surface area contributed by atoms with Crippen LogP contribution in [0.1, 0.15) is 27.9 Å². The SMILES string of the molecule is CNC(=O)C[C@H]1CN(Cc2ccc(C)s2)Cc2ccnn21. The Hall–Kier alpha value is -1.66. The molecule has 1 atom stereocenters. The van der Waals surface area contributed by atoms with E-state index >= 15 is 0 Å². The van der Waals surface area contributed by atoms with Crippen LogP contribution >= 0.6 is 11.3 Å². The lowest BCUT2D eigenvalue weighted by Crippen LogP contribution is -2.39. The minimum atomic E-state index is 0.0651. The van der Waals surface area contributed by atoms with E-state index in [-0.39, 0.29) is 11.9 Å². The van der Waals surface area contributed by atoms with Crippen LogP contribution in [0.25, 0.3) is 0 Å². The van der Waals surface area contributed by atoms with Gasteiger partial charge < -0.3 is 5.32 Å². The highest BCUT2D eigenvalue weighted by atomic mass is 32.1. The van der Waals surface area contributed by atoms with E-state index in [0.717, 1.165) is 19.6 Å². The fourth-order valence-corrected chi connectivity index (χ4v) is 3.78. The number of aryl methyl sites for hydroxylation is 1. The summed E-state index contributed by atoms with van der Waals surface area (Å²) in [6.45, 7) is 4.82. The molecular formula is C15H20N4OS. The van der Waals surface area contributed by atoms with Crippen molar-refractivity contribution in [2.24, 2.45) is 0 Å². The van der Waals surface area contributed by atoms with E-state index in [2.05, 4.69) is 34.4 Å². The molecule has 0 bridgehead atoms. The molecular weight excluding hydrogens is 284 g/mol. The predicted molar refractivity (Wildman–Crippen MR) is 83.1 cm³/mol. The molecule has 1 amide bonds. The number of carbonyl (C=O) groups excluding carboxylic acids is 1. The Morgan fingerprint density at radius 1 is 1.48 bits per heavy atom. The minimum absolute atomic E-state index is 0.0651. The van der Waals surface area contributed by atoms with Crippen LogP contribution in [0.15, 0.2) is 24.4 Å². The van der Waals surface area contributed by atoms with Gasteiger partial charge >= 0.3 is 0 Å². The molecule has 21 heavy (non-hydrogen) atoms. The standard InChI is InChI=1S/C15H20N4OS/c1-11-3-4-14(21-11)10-18-8-12-5-6-17-19(12)13(9-18)7-15(20)16-2/h3-6,13H,7-10H2,1-2H3,(H,16,20)/t13-/m0/s1. The Bertz CT molecular complexity index is 633. The number of hydrogen-bond acceptors (Lipinski definition) is 4. The van der Waals surface area contributed by atoms with Crippen LogP contribution in [0, 0.1) is 6.92 Å². The van der Waals surface area contributed by atoms with Crippen LogP contribution < -0.4 is 5.32 Å². The summed E-state index contributed by atoms with van der Waals surface area (Å²) in [4.78, 5) is 16.8. The maximum Gasteiger partial charge on any atom is 0.221 e. The van der Waals surface area contributed by atoms with Gasteiger partial charge in [-0.25, -0.2) is 0 Å². The van der Waals surface area contributed by atoms with E-state index in [0.29, 0.717) is 6.42 Å². The second-order valence-corrected chi connectivity index (χ2v) is 6.85. The van der Waals surface area contributed by atoms with E-state index in [4.69, 9.17) is 0 Å². The summed E-state index contributed by atoms with van der Waals surface area (Å²) < 4.78 is 2.01. The van der Waals surface area contributed by atoms with Gasteiger partial charge in [0.25, 0.3) is 0 Å². The van der Waals surface area contributed by atoms with Crippen molar-refractivity contribution >= 4 is 17.2 Å². The van der Waals surface area contributed by atoms with Gasteiger partial charge in [-0.1, -0.05) is 0 Å². The molecule has 6 heteroatoms. The van der Waals surface area contributed by atoms with Crippen molar-refractivity contribution in [3.63, 3.8) is 0 Å². The second-order valence-electron chi connectivity index (χ2n) is 5.48. The Kier molecular flexibility index (Phi) is 4.07. The maximum absolute atomic E-state index is 11.7. The molecule has 2 aromatic rings. The van der Waals surface area contributed by atoms with Crippen molar-refractivity contribution in [1.82, 2.24) is 20.0 Å². The number of fused-ring (bicyclic) bond motifs is 1. The van der Waals surface area contributed by atoms with Gasteiger partial charge in [0.2, 0.25) is 5.91 Å². The molecule has 0 saturated heterocycles. The lowest BCUT2D eigenvalue weighted by Gasteiger charge is -2.33. The van der Waals surface area contributed by atoms with E-state index in [1.807, 2.05) is 28.3 Å². The number of hydrogen-bond donors (Lipinski definition) is 1.